The molecule has 0 amide bonds. The molecule has 0 aliphatic heterocycles. The van der Waals surface area contributed by atoms with Crippen LogP contribution in [-0.4, -0.2) is 27.3 Å². The van der Waals surface area contributed by atoms with Crippen LogP contribution in [0, 0.1) is 12.8 Å². The van der Waals surface area contributed by atoms with Crippen molar-refractivity contribution in [1.82, 2.24) is 4.72 Å². The number of hydrogen-bond donors (Lipinski definition) is 2. The van der Waals surface area contributed by atoms with Crippen LogP contribution in [0.15, 0.2) is 29.2 Å². The van der Waals surface area contributed by atoms with Crippen molar-refractivity contribution in [2.45, 2.75) is 24.7 Å². The Morgan fingerprint density at radius 1 is 1.25 bits per heavy atom. The molecule has 0 radical (unpaired) electrons. The van der Waals surface area contributed by atoms with Crippen LogP contribution in [0.5, 0.6) is 5.75 Å². The fraction of sp³-hybridized carbons (Fsp3) is 0.429. The normalized spacial score (nSPS) is 10.4. The molecule has 0 aliphatic carbocycles. The number of benzene rings is 1. The van der Waals surface area contributed by atoms with E-state index in [1.807, 2.05) is 0 Å². The molecule has 0 saturated carbocycles. The maximum absolute atomic E-state index is 11.8. The minimum atomic E-state index is -3.42. The predicted molar refractivity (Wildman–Crippen MR) is 85.8 cm³/mol. The van der Waals surface area contributed by atoms with E-state index < -0.39 is 10.0 Å². The molecule has 1 aromatic carbocycles. The summed E-state index contributed by atoms with van der Waals surface area (Å²) in [6.07, 6.45) is 10.1. The third kappa shape index (κ3) is 6.85. The van der Waals surface area contributed by atoms with E-state index in [4.69, 9.17) is 4.74 Å². The van der Waals surface area contributed by atoms with Crippen molar-refractivity contribution in [3.05, 3.63) is 24.3 Å². The van der Waals surface area contributed by atoms with Crippen molar-refractivity contribution in [3.8, 4) is 18.6 Å². The number of rotatable bonds is 8. The van der Waals surface area contributed by atoms with Crippen molar-refractivity contribution in [2.24, 2.45) is 0 Å². The summed E-state index contributed by atoms with van der Waals surface area (Å²) < 4.78 is 31.5. The number of nitrogens with one attached hydrogen (secondary N) is 1. The van der Waals surface area contributed by atoms with Gasteiger partial charge in [-0.15, -0.1) is 12.8 Å². The SMILES string of the molecule is C#C.CCCCOc1ccc(S(=O)(=O)NCCS)cc1. The highest BCUT2D eigenvalue weighted by molar-refractivity contribution is 7.89. The van der Waals surface area contributed by atoms with Gasteiger partial charge in [-0.05, 0) is 30.7 Å². The third-order valence-corrected chi connectivity index (χ3v) is 4.01. The first kappa shape index (κ1) is 18.8. The second kappa shape index (κ2) is 10.6. The number of terminal acetylenes is 1. The number of ether oxygens (including phenoxy) is 1. The Hall–Kier alpha value is -1.16. The van der Waals surface area contributed by atoms with E-state index in [0.717, 1.165) is 12.8 Å². The van der Waals surface area contributed by atoms with E-state index in [2.05, 4.69) is 37.1 Å². The predicted octanol–water partition coefficient (Wildman–Crippen LogP) is 2.32. The first-order valence-electron chi connectivity index (χ1n) is 6.27. The van der Waals surface area contributed by atoms with Gasteiger partial charge in [-0.25, -0.2) is 13.1 Å². The molecule has 0 aliphatic rings. The fourth-order valence-corrected chi connectivity index (χ4v) is 2.61. The number of thiol groups is 1. The zero-order chi connectivity index (χ0) is 15.4. The van der Waals surface area contributed by atoms with Gasteiger partial charge in [0.25, 0.3) is 0 Å². The number of hydrogen-bond acceptors (Lipinski definition) is 4. The first-order chi connectivity index (χ1) is 9.60. The van der Waals surface area contributed by atoms with Crippen LogP contribution in [0.1, 0.15) is 19.8 Å². The second-order valence-corrected chi connectivity index (χ2v) is 6.01. The van der Waals surface area contributed by atoms with E-state index in [9.17, 15) is 8.42 Å². The maximum atomic E-state index is 11.8. The van der Waals surface area contributed by atoms with Crippen LogP contribution in [-0.2, 0) is 10.0 Å². The lowest BCUT2D eigenvalue weighted by atomic mass is 10.3. The van der Waals surface area contributed by atoms with Crippen LogP contribution in [0.4, 0.5) is 0 Å². The summed E-state index contributed by atoms with van der Waals surface area (Å²) in [5, 5.41) is 0. The molecule has 0 unspecified atom stereocenters. The fourth-order valence-electron chi connectivity index (χ4n) is 1.31. The molecule has 0 fully saturated rings. The summed E-state index contributed by atoms with van der Waals surface area (Å²) in [4.78, 5) is 0.243. The molecule has 1 rings (SSSR count). The van der Waals surface area contributed by atoms with E-state index in [-0.39, 0.29) is 4.90 Å². The van der Waals surface area contributed by atoms with Crippen LogP contribution in [0.2, 0.25) is 0 Å². The summed E-state index contributed by atoms with van der Waals surface area (Å²) in [6, 6.07) is 6.43. The Labute approximate surface area is 127 Å². The lowest BCUT2D eigenvalue weighted by Crippen LogP contribution is -2.25. The van der Waals surface area contributed by atoms with E-state index in [1.54, 1.807) is 24.3 Å². The first-order valence-corrected chi connectivity index (χ1v) is 8.38. The molecule has 1 aromatic rings. The maximum Gasteiger partial charge on any atom is 0.240 e. The number of unbranched alkanes of at least 4 members (excludes halogenated alkanes) is 1. The highest BCUT2D eigenvalue weighted by Gasteiger charge is 2.12. The lowest BCUT2D eigenvalue weighted by molar-refractivity contribution is 0.309. The second-order valence-electron chi connectivity index (χ2n) is 3.79. The summed E-state index contributed by atoms with van der Waals surface area (Å²) in [5.41, 5.74) is 0. The Morgan fingerprint density at radius 3 is 2.35 bits per heavy atom. The molecule has 0 atom stereocenters. The summed E-state index contributed by atoms with van der Waals surface area (Å²) >= 11 is 3.96. The lowest BCUT2D eigenvalue weighted by Gasteiger charge is -2.08. The van der Waals surface area contributed by atoms with Crippen molar-refractivity contribution < 1.29 is 13.2 Å². The van der Waals surface area contributed by atoms with Gasteiger partial charge in [0.2, 0.25) is 10.0 Å². The quantitative estimate of drug-likeness (QED) is 0.440. The molecule has 4 nitrogen and oxygen atoms in total. The Bertz CT molecular complexity index is 481. The smallest absolute Gasteiger partial charge is 0.240 e. The van der Waals surface area contributed by atoms with Crippen molar-refractivity contribution >= 4 is 22.7 Å². The molecule has 0 aromatic heterocycles. The Balaban J connectivity index is 0.00000172. The van der Waals surface area contributed by atoms with Gasteiger partial charge in [-0.3, -0.25) is 0 Å². The van der Waals surface area contributed by atoms with E-state index in [1.165, 1.54) is 0 Å². The summed E-state index contributed by atoms with van der Waals surface area (Å²) in [6.45, 7) is 3.06. The average molecular weight is 315 g/mol. The van der Waals surface area contributed by atoms with Gasteiger partial charge in [0.1, 0.15) is 5.75 Å². The van der Waals surface area contributed by atoms with Crippen LogP contribution in [0.3, 0.4) is 0 Å². The number of sulfonamides is 1. The molecule has 1 N–H and O–H groups in total. The molecule has 0 bridgehead atoms. The monoisotopic (exact) mass is 315 g/mol. The van der Waals surface area contributed by atoms with Crippen LogP contribution in [0.25, 0.3) is 0 Å². The minimum Gasteiger partial charge on any atom is -0.494 e. The van der Waals surface area contributed by atoms with Crippen molar-refractivity contribution in [3.63, 3.8) is 0 Å². The third-order valence-electron chi connectivity index (χ3n) is 2.30. The van der Waals surface area contributed by atoms with Gasteiger partial charge in [-0.2, -0.15) is 12.6 Å². The Morgan fingerprint density at radius 2 is 1.85 bits per heavy atom. The average Bonchev–Trinajstić information content (AvgIpc) is 2.48. The van der Waals surface area contributed by atoms with Gasteiger partial charge in [-0.1, -0.05) is 13.3 Å². The van der Waals surface area contributed by atoms with Gasteiger partial charge in [0.15, 0.2) is 0 Å². The van der Waals surface area contributed by atoms with Gasteiger partial charge in [0.05, 0.1) is 11.5 Å². The van der Waals surface area contributed by atoms with E-state index >= 15 is 0 Å². The topological polar surface area (TPSA) is 55.4 Å². The molecule has 0 heterocycles. The highest BCUT2D eigenvalue weighted by Crippen LogP contribution is 2.16. The molecule has 0 saturated heterocycles. The summed E-state index contributed by atoms with van der Waals surface area (Å²) in [7, 11) is -3.42. The highest BCUT2D eigenvalue weighted by atomic mass is 32.2. The zero-order valence-electron chi connectivity index (χ0n) is 11.6. The van der Waals surface area contributed by atoms with Crippen molar-refractivity contribution in [1.29, 1.82) is 0 Å². The zero-order valence-corrected chi connectivity index (χ0v) is 13.3. The molecule has 0 spiro atoms. The van der Waals surface area contributed by atoms with Gasteiger partial charge >= 0.3 is 0 Å². The molecular weight excluding hydrogens is 294 g/mol. The molecular formula is C14H21NO3S2. The Kier molecular flexibility index (Phi) is 9.99. The largest absolute Gasteiger partial charge is 0.494 e. The molecule has 112 valence electrons. The summed E-state index contributed by atoms with van der Waals surface area (Å²) in [5.74, 6) is 1.16. The van der Waals surface area contributed by atoms with Gasteiger partial charge in [0, 0.05) is 12.3 Å². The van der Waals surface area contributed by atoms with Crippen LogP contribution >= 0.6 is 12.6 Å². The standard InChI is InChI=1S/C12H19NO3S2.C2H2/c1-2-3-9-16-11-4-6-12(7-5-11)18(14,15)13-8-10-17;1-2/h4-7,13,17H,2-3,8-10H2,1H3;1-2H. The van der Waals surface area contributed by atoms with Crippen LogP contribution < -0.4 is 9.46 Å². The molecule has 6 heteroatoms. The minimum absolute atomic E-state index is 0.243. The van der Waals surface area contributed by atoms with E-state index in [0.29, 0.717) is 24.7 Å². The van der Waals surface area contributed by atoms with Gasteiger partial charge < -0.3 is 4.74 Å². The van der Waals surface area contributed by atoms with Crippen molar-refractivity contribution in [2.75, 3.05) is 18.9 Å². The molecule has 20 heavy (non-hydrogen) atoms.